The molecule has 156 valence electrons. The second-order valence-corrected chi connectivity index (χ2v) is 7.39. The number of benzene rings is 1. The average molecular weight is 396 g/mol. The summed E-state index contributed by atoms with van der Waals surface area (Å²) < 4.78 is 1.98. The number of rotatable bonds is 7. The van der Waals surface area contributed by atoms with Crippen molar-refractivity contribution in [3.05, 3.63) is 60.2 Å². The molecule has 0 aliphatic carbocycles. The molecule has 1 atom stereocenters. The second-order valence-electron chi connectivity index (χ2n) is 7.39. The number of aryl methyl sites for hydroxylation is 1. The molecule has 29 heavy (non-hydrogen) atoms. The van der Waals surface area contributed by atoms with Gasteiger partial charge in [0, 0.05) is 45.8 Å². The van der Waals surface area contributed by atoms with E-state index in [9.17, 15) is 0 Å². The van der Waals surface area contributed by atoms with Gasteiger partial charge in [0.1, 0.15) is 12.4 Å². The molecule has 1 saturated heterocycles. The van der Waals surface area contributed by atoms with E-state index in [1.807, 2.05) is 24.6 Å². The minimum Gasteiger partial charge on any atom is -0.353 e. The normalized spacial score (nSPS) is 16.7. The lowest BCUT2D eigenvalue weighted by molar-refractivity contribution is 0.127. The molecule has 1 N–H and O–H groups in total. The summed E-state index contributed by atoms with van der Waals surface area (Å²) in [4.78, 5) is 9.74. The van der Waals surface area contributed by atoms with Crippen molar-refractivity contribution in [1.82, 2.24) is 29.9 Å². The smallest absolute Gasteiger partial charge is 0.194 e. The van der Waals surface area contributed by atoms with Crippen LogP contribution in [0.3, 0.4) is 0 Å². The van der Waals surface area contributed by atoms with Gasteiger partial charge in [0.15, 0.2) is 11.8 Å². The van der Waals surface area contributed by atoms with E-state index in [-0.39, 0.29) is 0 Å². The third-order valence-corrected chi connectivity index (χ3v) is 5.58. The first-order valence-electron chi connectivity index (χ1n) is 10.4. The fourth-order valence-electron chi connectivity index (χ4n) is 3.79. The van der Waals surface area contributed by atoms with Crippen LogP contribution in [-0.2, 0) is 13.6 Å². The molecule has 0 bridgehead atoms. The maximum atomic E-state index is 4.82. The van der Waals surface area contributed by atoms with Gasteiger partial charge in [0.25, 0.3) is 0 Å². The zero-order chi connectivity index (χ0) is 20.6. The first kappa shape index (κ1) is 21.0. The topological polar surface area (TPSA) is 61.6 Å². The highest BCUT2D eigenvalue weighted by atomic mass is 15.4. The van der Waals surface area contributed by atoms with E-state index in [2.05, 4.69) is 69.1 Å². The van der Waals surface area contributed by atoms with Crippen LogP contribution in [0.2, 0.25) is 0 Å². The Morgan fingerprint density at radius 2 is 1.93 bits per heavy atom. The van der Waals surface area contributed by atoms with Crippen molar-refractivity contribution < 1.29 is 0 Å². The number of piperazine rings is 1. The van der Waals surface area contributed by atoms with E-state index in [0.29, 0.717) is 19.1 Å². The number of aromatic nitrogens is 3. The van der Waals surface area contributed by atoms with Crippen LogP contribution in [-0.4, -0.2) is 63.2 Å². The summed E-state index contributed by atoms with van der Waals surface area (Å²) in [5.41, 5.74) is 1.40. The fourth-order valence-corrected chi connectivity index (χ4v) is 3.79. The van der Waals surface area contributed by atoms with Crippen molar-refractivity contribution in [1.29, 1.82) is 0 Å². The lowest BCUT2D eigenvalue weighted by atomic mass is 10.0. The number of hydrogen-bond donors (Lipinski definition) is 1. The molecule has 0 spiro atoms. The van der Waals surface area contributed by atoms with Crippen LogP contribution >= 0.6 is 0 Å². The van der Waals surface area contributed by atoms with Gasteiger partial charge in [-0.05, 0) is 18.9 Å². The molecule has 1 fully saturated rings. The summed E-state index contributed by atoms with van der Waals surface area (Å²) in [6, 6.07) is 11.3. The van der Waals surface area contributed by atoms with E-state index in [1.54, 1.807) is 0 Å². The minimum atomic E-state index is 0.474. The Balaban J connectivity index is 1.65. The highest BCUT2D eigenvalue weighted by Gasteiger charge is 2.25. The molecule has 7 heteroatoms. The predicted molar refractivity (Wildman–Crippen MR) is 118 cm³/mol. The van der Waals surface area contributed by atoms with Crippen LogP contribution < -0.4 is 5.32 Å². The molecule has 2 aromatic rings. The van der Waals surface area contributed by atoms with Gasteiger partial charge in [-0.15, -0.1) is 16.8 Å². The zero-order valence-electron chi connectivity index (χ0n) is 17.9. The van der Waals surface area contributed by atoms with E-state index in [0.717, 1.165) is 50.2 Å². The van der Waals surface area contributed by atoms with Gasteiger partial charge in [0.2, 0.25) is 0 Å². The van der Waals surface area contributed by atoms with Crippen LogP contribution in [0.1, 0.15) is 36.6 Å². The van der Waals surface area contributed by atoms with Crippen molar-refractivity contribution in [2.75, 3.05) is 32.7 Å². The van der Waals surface area contributed by atoms with Gasteiger partial charge in [-0.1, -0.05) is 43.3 Å². The summed E-state index contributed by atoms with van der Waals surface area (Å²) in [7, 11) is 1.98. The van der Waals surface area contributed by atoms with E-state index in [4.69, 9.17) is 4.99 Å². The molecule has 1 aromatic heterocycles. The summed E-state index contributed by atoms with van der Waals surface area (Å²) in [5.74, 6) is 2.68. The Kier molecular flexibility index (Phi) is 7.41. The first-order chi connectivity index (χ1) is 14.1. The van der Waals surface area contributed by atoms with Crippen molar-refractivity contribution in [3.8, 4) is 0 Å². The van der Waals surface area contributed by atoms with Crippen molar-refractivity contribution in [2.45, 2.75) is 32.9 Å². The molecule has 0 radical (unpaired) electrons. The predicted octanol–water partition coefficient (Wildman–Crippen LogP) is 2.52. The minimum absolute atomic E-state index is 0.474. The van der Waals surface area contributed by atoms with Crippen LogP contribution in [0.15, 0.2) is 48.0 Å². The largest absolute Gasteiger partial charge is 0.353 e. The van der Waals surface area contributed by atoms with E-state index in [1.165, 1.54) is 5.56 Å². The molecule has 1 aliphatic heterocycles. The van der Waals surface area contributed by atoms with Crippen LogP contribution in [0.4, 0.5) is 0 Å². The van der Waals surface area contributed by atoms with Crippen LogP contribution in [0.25, 0.3) is 0 Å². The zero-order valence-corrected chi connectivity index (χ0v) is 17.9. The Morgan fingerprint density at radius 1 is 1.21 bits per heavy atom. The molecule has 1 aromatic carbocycles. The van der Waals surface area contributed by atoms with E-state index < -0.39 is 0 Å². The number of guanidine groups is 1. The Labute approximate surface area is 174 Å². The summed E-state index contributed by atoms with van der Waals surface area (Å²) in [6.45, 7) is 13.2. The first-order valence-corrected chi connectivity index (χ1v) is 10.4. The van der Waals surface area contributed by atoms with Crippen molar-refractivity contribution in [3.63, 3.8) is 0 Å². The Hall–Kier alpha value is -2.67. The van der Waals surface area contributed by atoms with Gasteiger partial charge in [0.05, 0.1) is 0 Å². The lowest BCUT2D eigenvalue weighted by Gasteiger charge is -2.40. The van der Waals surface area contributed by atoms with Gasteiger partial charge in [-0.3, -0.25) is 4.90 Å². The van der Waals surface area contributed by atoms with Crippen LogP contribution in [0.5, 0.6) is 0 Å². The highest BCUT2D eigenvalue weighted by molar-refractivity contribution is 5.80. The fraction of sp³-hybridized carbons (Fsp3) is 0.500. The molecular weight excluding hydrogens is 362 g/mol. The number of nitrogens with one attached hydrogen (secondary N) is 1. The van der Waals surface area contributed by atoms with E-state index >= 15 is 0 Å². The summed E-state index contributed by atoms with van der Waals surface area (Å²) in [5, 5.41) is 11.8. The number of hydrogen-bond acceptors (Lipinski definition) is 4. The molecule has 7 nitrogen and oxygen atoms in total. The Bertz CT molecular complexity index is 804. The molecular formula is C22H33N7. The third-order valence-electron chi connectivity index (χ3n) is 5.58. The monoisotopic (exact) mass is 395 g/mol. The van der Waals surface area contributed by atoms with Crippen molar-refractivity contribution >= 4 is 5.96 Å². The molecule has 1 unspecified atom stereocenters. The lowest BCUT2D eigenvalue weighted by Crippen LogP contribution is -2.53. The number of nitrogens with zero attached hydrogens (tertiary/aromatic N) is 6. The summed E-state index contributed by atoms with van der Waals surface area (Å²) >= 11 is 0. The molecule has 0 saturated carbocycles. The number of aliphatic imine (C=N–C) groups is 1. The molecule has 1 aliphatic rings. The van der Waals surface area contributed by atoms with Crippen LogP contribution in [0, 0.1) is 6.92 Å². The second kappa shape index (κ2) is 10.2. The third kappa shape index (κ3) is 5.23. The SMILES string of the molecule is C=CCNC(=NCc1nnc(C)n1C)N1CCN(C(CC)c2ccccc2)CC1. The molecule has 2 heterocycles. The van der Waals surface area contributed by atoms with Gasteiger partial charge in [-0.25, -0.2) is 4.99 Å². The van der Waals surface area contributed by atoms with Gasteiger partial charge in [-0.2, -0.15) is 0 Å². The van der Waals surface area contributed by atoms with Gasteiger partial charge < -0.3 is 14.8 Å². The highest BCUT2D eigenvalue weighted by Crippen LogP contribution is 2.25. The standard InChI is InChI=1S/C22H33N7/c1-5-12-23-22(24-17-21-26-25-18(3)27(21)4)29-15-13-28(14-16-29)20(6-2)19-10-8-7-9-11-19/h5,7-11,20H,1,6,12-17H2,2-4H3,(H,23,24). The Morgan fingerprint density at radius 3 is 2.52 bits per heavy atom. The van der Waals surface area contributed by atoms with Gasteiger partial charge >= 0.3 is 0 Å². The maximum Gasteiger partial charge on any atom is 0.194 e. The molecule has 0 amide bonds. The average Bonchev–Trinajstić information content (AvgIpc) is 3.08. The molecule has 3 rings (SSSR count). The summed E-state index contributed by atoms with van der Waals surface area (Å²) in [6.07, 6.45) is 2.98. The van der Waals surface area contributed by atoms with Crippen molar-refractivity contribution in [2.24, 2.45) is 12.0 Å². The maximum absolute atomic E-state index is 4.82. The quantitative estimate of drug-likeness (QED) is 0.443.